The second kappa shape index (κ2) is 4.55. The van der Waals surface area contributed by atoms with Crippen LogP contribution in [0.15, 0.2) is 12.4 Å². The van der Waals surface area contributed by atoms with Crippen LogP contribution in [0.3, 0.4) is 0 Å². The SMILES string of the molecule is O=C(c1cc(Cl)ncn1)N1CCNCC1. The highest BCUT2D eigenvalue weighted by Gasteiger charge is 2.19. The normalized spacial score (nSPS) is 16.5. The van der Waals surface area contributed by atoms with Crippen molar-refractivity contribution in [3.05, 3.63) is 23.2 Å². The van der Waals surface area contributed by atoms with Crippen molar-refractivity contribution in [1.82, 2.24) is 20.2 Å². The van der Waals surface area contributed by atoms with Gasteiger partial charge in [-0.3, -0.25) is 4.79 Å². The van der Waals surface area contributed by atoms with Crippen molar-refractivity contribution >= 4 is 17.5 Å². The second-order valence-electron chi connectivity index (χ2n) is 3.27. The molecular weight excluding hydrogens is 216 g/mol. The van der Waals surface area contributed by atoms with Crippen molar-refractivity contribution in [2.24, 2.45) is 0 Å². The van der Waals surface area contributed by atoms with E-state index in [-0.39, 0.29) is 5.91 Å². The summed E-state index contributed by atoms with van der Waals surface area (Å²) in [5.41, 5.74) is 0.358. The molecule has 0 aromatic carbocycles. The van der Waals surface area contributed by atoms with Crippen LogP contribution in [0, 0.1) is 0 Å². The monoisotopic (exact) mass is 226 g/mol. The first-order valence-corrected chi connectivity index (χ1v) is 5.13. The molecule has 0 unspecified atom stereocenters. The maximum atomic E-state index is 11.9. The van der Waals surface area contributed by atoms with Crippen molar-refractivity contribution in [1.29, 1.82) is 0 Å². The molecular formula is C9H11ClN4O. The third kappa shape index (κ3) is 2.43. The van der Waals surface area contributed by atoms with Gasteiger partial charge in [0.25, 0.3) is 5.91 Å². The van der Waals surface area contributed by atoms with Crippen LogP contribution >= 0.6 is 11.6 Å². The standard InChI is InChI=1S/C9H11ClN4O/c10-8-5-7(12-6-13-8)9(15)14-3-1-11-2-4-14/h5-6,11H,1-4H2. The summed E-state index contributed by atoms with van der Waals surface area (Å²) < 4.78 is 0. The lowest BCUT2D eigenvalue weighted by atomic mass is 10.3. The zero-order valence-corrected chi connectivity index (χ0v) is 8.87. The van der Waals surface area contributed by atoms with Crippen molar-refractivity contribution < 1.29 is 4.79 Å². The maximum absolute atomic E-state index is 11.9. The van der Waals surface area contributed by atoms with Crippen molar-refractivity contribution in [2.45, 2.75) is 0 Å². The number of halogens is 1. The van der Waals surface area contributed by atoms with Gasteiger partial charge in [-0.1, -0.05) is 11.6 Å². The second-order valence-corrected chi connectivity index (χ2v) is 3.66. The van der Waals surface area contributed by atoms with Gasteiger partial charge in [0.1, 0.15) is 17.2 Å². The number of aromatic nitrogens is 2. The summed E-state index contributed by atoms with van der Waals surface area (Å²) in [7, 11) is 0. The molecule has 0 spiro atoms. The van der Waals surface area contributed by atoms with Crippen LogP contribution in [0.4, 0.5) is 0 Å². The molecule has 1 aromatic heterocycles. The molecule has 2 heterocycles. The Morgan fingerprint density at radius 2 is 2.13 bits per heavy atom. The Kier molecular flexibility index (Phi) is 3.13. The van der Waals surface area contributed by atoms with Crippen LogP contribution in [-0.2, 0) is 0 Å². The predicted octanol–water partition coefficient (Wildman–Crippen LogP) is 0.175. The van der Waals surface area contributed by atoms with E-state index in [0.29, 0.717) is 23.9 Å². The molecule has 1 aromatic rings. The first-order valence-electron chi connectivity index (χ1n) is 4.75. The fourth-order valence-corrected chi connectivity index (χ4v) is 1.63. The van der Waals surface area contributed by atoms with Crippen molar-refractivity contribution in [2.75, 3.05) is 26.2 Å². The minimum Gasteiger partial charge on any atom is -0.335 e. The third-order valence-corrected chi connectivity index (χ3v) is 2.46. The van der Waals surface area contributed by atoms with E-state index < -0.39 is 0 Å². The number of piperazine rings is 1. The quantitative estimate of drug-likeness (QED) is 0.694. The predicted molar refractivity (Wildman–Crippen MR) is 55.8 cm³/mol. The van der Waals surface area contributed by atoms with E-state index in [1.807, 2.05) is 0 Å². The zero-order valence-electron chi connectivity index (χ0n) is 8.11. The highest BCUT2D eigenvalue weighted by Crippen LogP contribution is 2.07. The molecule has 2 rings (SSSR count). The molecule has 0 radical (unpaired) electrons. The summed E-state index contributed by atoms with van der Waals surface area (Å²) in [6.07, 6.45) is 1.30. The lowest BCUT2D eigenvalue weighted by molar-refractivity contribution is 0.0729. The molecule has 15 heavy (non-hydrogen) atoms. The molecule has 6 heteroatoms. The smallest absolute Gasteiger partial charge is 0.272 e. The van der Waals surface area contributed by atoms with Gasteiger partial charge >= 0.3 is 0 Å². The van der Waals surface area contributed by atoms with E-state index in [4.69, 9.17) is 11.6 Å². The maximum Gasteiger partial charge on any atom is 0.272 e. The van der Waals surface area contributed by atoms with Gasteiger partial charge in [0.2, 0.25) is 0 Å². The highest BCUT2D eigenvalue weighted by atomic mass is 35.5. The molecule has 0 bridgehead atoms. The fraction of sp³-hybridized carbons (Fsp3) is 0.444. The first kappa shape index (κ1) is 10.3. The van der Waals surface area contributed by atoms with Crippen LogP contribution in [0.25, 0.3) is 0 Å². The summed E-state index contributed by atoms with van der Waals surface area (Å²) in [5.74, 6) is -0.0826. The van der Waals surface area contributed by atoms with E-state index in [2.05, 4.69) is 15.3 Å². The summed E-state index contributed by atoms with van der Waals surface area (Å²) in [5, 5.41) is 3.47. The zero-order chi connectivity index (χ0) is 10.7. The summed E-state index contributed by atoms with van der Waals surface area (Å²) in [6, 6.07) is 1.49. The van der Waals surface area contributed by atoms with E-state index in [0.717, 1.165) is 13.1 Å². The number of amides is 1. The Labute approximate surface area is 92.5 Å². The van der Waals surface area contributed by atoms with Gasteiger partial charge in [-0.2, -0.15) is 0 Å². The molecule has 80 valence electrons. The largest absolute Gasteiger partial charge is 0.335 e. The van der Waals surface area contributed by atoms with E-state index in [1.165, 1.54) is 12.4 Å². The average Bonchev–Trinajstić information content (AvgIpc) is 2.29. The number of nitrogens with zero attached hydrogens (tertiary/aromatic N) is 3. The van der Waals surface area contributed by atoms with Crippen LogP contribution in [0.1, 0.15) is 10.5 Å². The summed E-state index contributed by atoms with van der Waals surface area (Å²) >= 11 is 5.69. The number of hydrogen-bond donors (Lipinski definition) is 1. The van der Waals surface area contributed by atoms with Crippen LogP contribution in [0.5, 0.6) is 0 Å². The van der Waals surface area contributed by atoms with Crippen LogP contribution in [-0.4, -0.2) is 47.0 Å². The highest BCUT2D eigenvalue weighted by molar-refractivity contribution is 6.29. The average molecular weight is 227 g/mol. The number of rotatable bonds is 1. The molecule has 0 atom stereocenters. The van der Waals surface area contributed by atoms with Crippen molar-refractivity contribution in [3.63, 3.8) is 0 Å². The van der Waals surface area contributed by atoms with Gasteiger partial charge in [0.15, 0.2) is 0 Å². The molecule has 1 fully saturated rings. The number of carbonyl (C=O) groups is 1. The van der Waals surface area contributed by atoms with Crippen molar-refractivity contribution in [3.8, 4) is 0 Å². The summed E-state index contributed by atoms with van der Waals surface area (Å²) in [4.78, 5) is 21.3. The minimum atomic E-state index is -0.0826. The van der Waals surface area contributed by atoms with Gasteiger partial charge < -0.3 is 10.2 Å². The first-order chi connectivity index (χ1) is 7.27. The lowest BCUT2D eigenvalue weighted by Crippen LogP contribution is -2.46. The molecule has 1 N–H and O–H groups in total. The molecule has 0 aliphatic carbocycles. The molecule has 5 nitrogen and oxygen atoms in total. The Morgan fingerprint density at radius 1 is 1.40 bits per heavy atom. The number of carbonyl (C=O) groups excluding carboxylic acids is 1. The van der Waals surface area contributed by atoms with E-state index in [1.54, 1.807) is 4.90 Å². The Morgan fingerprint density at radius 3 is 2.80 bits per heavy atom. The minimum absolute atomic E-state index is 0.0826. The number of hydrogen-bond acceptors (Lipinski definition) is 4. The van der Waals surface area contributed by atoms with Gasteiger partial charge in [0, 0.05) is 32.2 Å². The summed E-state index contributed by atoms with van der Waals surface area (Å²) in [6.45, 7) is 3.07. The molecule has 1 amide bonds. The number of nitrogens with one attached hydrogen (secondary N) is 1. The van der Waals surface area contributed by atoms with Crippen LogP contribution in [0.2, 0.25) is 5.15 Å². The van der Waals surface area contributed by atoms with E-state index >= 15 is 0 Å². The van der Waals surface area contributed by atoms with Gasteiger partial charge in [-0.15, -0.1) is 0 Å². The van der Waals surface area contributed by atoms with E-state index in [9.17, 15) is 4.79 Å². The lowest BCUT2D eigenvalue weighted by Gasteiger charge is -2.26. The fourth-order valence-electron chi connectivity index (χ4n) is 1.48. The molecule has 1 aliphatic heterocycles. The van der Waals surface area contributed by atoms with Gasteiger partial charge in [0.05, 0.1) is 0 Å². The Hall–Kier alpha value is -1.20. The Bertz CT molecular complexity index is 365. The molecule has 1 aliphatic rings. The topological polar surface area (TPSA) is 58.1 Å². The van der Waals surface area contributed by atoms with Gasteiger partial charge in [-0.25, -0.2) is 9.97 Å². The molecule has 0 saturated carbocycles. The van der Waals surface area contributed by atoms with Crippen LogP contribution < -0.4 is 5.32 Å². The van der Waals surface area contributed by atoms with Gasteiger partial charge in [-0.05, 0) is 0 Å². The third-order valence-electron chi connectivity index (χ3n) is 2.26. The molecule has 1 saturated heterocycles. The Balaban J connectivity index is 2.12.